The third-order valence-electron chi connectivity index (χ3n) is 8.21. The van der Waals surface area contributed by atoms with Crippen LogP contribution in [-0.4, -0.2) is 54.4 Å². The molecule has 0 bridgehead atoms. The Kier molecular flexibility index (Phi) is 9.63. The van der Waals surface area contributed by atoms with Gasteiger partial charge in [-0.2, -0.15) is 0 Å². The molecule has 9 heteroatoms. The van der Waals surface area contributed by atoms with Crippen LogP contribution in [0.5, 0.6) is 0 Å². The lowest BCUT2D eigenvalue weighted by atomic mass is 9.95. The lowest BCUT2D eigenvalue weighted by molar-refractivity contribution is -0.216. The first kappa shape index (κ1) is 32.1. The first-order valence-corrected chi connectivity index (χ1v) is 15.4. The van der Waals surface area contributed by atoms with Crippen LogP contribution in [0.2, 0.25) is 0 Å². The molecule has 0 spiro atoms. The van der Waals surface area contributed by atoms with Crippen molar-refractivity contribution in [2.24, 2.45) is 0 Å². The number of hydrogen-bond donors (Lipinski definition) is 2. The van der Waals surface area contributed by atoms with Gasteiger partial charge in [-0.1, -0.05) is 85.3 Å². The summed E-state index contributed by atoms with van der Waals surface area (Å²) in [5, 5.41) is 22.3. The Balaban J connectivity index is 1.59. The number of carbonyl (C=O) groups is 3. The van der Waals surface area contributed by atoms with Crippen molar-refractivity contribution < 1.29 is 24.7 Å². The third-order valence-corrected chi connectivity index (χ3v) is 8.21. The van der Waals surface area contributed by atoms with E-state index in [-0.39, 0.29) is 24.1 Å². The predicted octanol–water partition coefficient (Wildman–Crippen LogP) is 6.86. The van der Waals surface area contributed by atoms with E-state index >= 15 is 0 Å². The summed E-state index contributed by atoms with van der Waals surface area (Å²) in [5.41, 5.74) is 6.67. The minimum absolute atomic E-state index is 0.200. The molecule has 0 fully saturated rings. The van der Waals surface area contributed by atoms with Gasteiger partial charge in [-0.05, 0) is 73.6 Å². The maximum Gasteiger partial charge on any atom is 0.336 e. The number of hydroxylamine groups is 1. The fourth-order valence-electron chi connectivity index (χ4n) is 6.00. The molecule has 1 atom stereocenters. The predicted molar refractivity (Wildman–Crippen MR) is 177 cm³/mol. The van der Waals surface area contributed by atoms with Crippen LogP contribution >= 0.6 is 0 Å². The van der Waals surface area contributed by atoms with Crippen molar-refractivity contribution in [3.05, 3.63) is 124 Å². The van der Waals surface area contributed by atoms with Crippen molar-refractivity contribution in [1.82, 2.24) is 19.7 Å². The Bertz CT molecular complexity index is 1880. The monoisotopic (exact) mass is 618 g/mol. The summed E-state index contributed by atoms with van der Waals surface area (Å²) in [6, 6.07) is 25.6. The van der Waals surface area contributed by atoms with Gasteiger partial charge in [0.05, 0.1) is 29.2 Å². The number of benzene rings is 4. The van der Waals surface area contributed by atoms with E-state index in [1.165, 1.54) is 0 Å². The average molecular weight is 619 g/mol. The number of hydrazine groups is 1. The Morgan fingerprint density at radius 2 is 1.70 bits per heavy atom. The number of hydrogen-bond acceptors (Lipinski definition) is 5. The number of nitrogens with zero attached hydrogens (tertiary/aromatic N) is 4. The maximum atomic E-state index is 14.0. The normalized spacial score (nSPS) is 11.8. The molecule has 0 aliphatic heterocycles. The van der Waals surface area contributed by atoms with Crippen molar-refractivity contribution in [2.75, 3.05) is 0 Å². The standard InChI is InChI=1S/C37H38N4O5/c1-5-10-33-38-35-25(3)19-30(36(43)41(40(46)23-42)26(4)20-27-17-15-24(2)16-18-27)21-32(35)39(33)22-29-13-9-14-31(34(29)37(44)45)28-11-7-6-8-12-28/h6-9,11-19,21,23,26,46H,5,10,20,22H2,1-4H3,(H,44,45). The molecule has 5 rings (SSSR count). The number of carboxylic acids is 1. The zero-order chi connectivity index (χ0) is 33.0. The van der Waals surface area contributed by atoms with Crippen molar-refractivity contribution in [2.45, 2.75) is 59.5 Å². The second kappa shape index (κ2) is 13.8. The van der Waals surface area contributed by atoms with Crippen LogP contribution in [0.4, 0.5) is 0 Å². The number of carbonyl (C=O) groups excluding carboxylic acids is 2. The number of aromatic carboxylic acids is 1. The van der Waals surface area contributed by atoms with Crippen LogP contribution in [0.25, 0.3) is 22.2 Å². The molecule has 5 aromatic rings. The SMILES string of the molecule is CCCc1nc2c(C)cc(C(=O)N(C(C)Cc3ccc(C)cc3)N(O)C=O)cc2n1Cc1cccc(-c2ccccc2)c1C(=O)O. The number of rotatable bonds is 12. The van der Waals surface area contributed by atoms with E-state index in [0.29, 0.717) is 40.2 Å². The molecule has 1 heterocycles. The summed E-state index contributed by atoms with van der Waals surface area (Å²) in [7, 11) is 0. The number of imidazole rings is 1. The molecule has 46 heavy (non-hydrogen) atoms. The summed E-state index contributed by atoms with van der Waals surface area (Å²) in [6.45, 7) is 7.89. The Hall–Kier alpha value is -5.28. The zero-order valence-electron chi connectivity index (χ0n) is 26.5. The minimum atomic E-state index is -1.03. The van der Waals surface area contributed by atoms with Crippen LogP contribution in [0.3, 0.4) is 0 Å². The Morgan fingerprint density at radius 1 is 0.978 bits per heavy atom. The van der Waals surface area contributed by atoms with E-state index in [1.807, 2.05) is 98.1 Å². The molecule has 0 aliphatic carbocycles. The first-order valence-electron chi connectivity index (χ1n) is 15.4. The highest BCUT2D eigenvalue weighted by molar-refractivity contribution is 5.99. The van der Waals surface area contributed by atoms with Gasteiger partial charge in [-0.15, -0.1) is 5.17 Å². The number of aromatic nitrogens is 2. The van der Waals surface area contributed by atoms with Gasteiger partial charge in [0, 0.05) is 12.0 Å². The molecule has 0 saturated heterocycles. The molecule has 9 nitrogen and oxygen atoms in total. The molecule has 0 radical (unpaired) electrons. The third kappa shape index (κ3) is 6.55. The summed E-state index contributed by atoms with van der Waals surface area (Å²) in [5.74, 6) is -0.813. The van der Waals surface area contributed by atoms with Gasteiger partial charge in [0.25, 0.3) is 12.3 Å². The molecule has 2 N–H and O–H groups in total. The first-order chi connectivity index (χ1) is 22.1. The highest BCUT2D eigenvalue weighted by Crippen LogP contribution is 2.30. The molecule has 2 amide bonds. The molecule has 1 unspecified atom stereocenters. The van der Waals surface area contributed by atoms with E-state index in [0.717, 1.165) is 39.5 Å². The highest BCUT2D eigenvalue weighted by atomic mass is 16.6. The van der Waals surface area contributed by atoms with Crippen LogP contribution < -0.4 is 0 Å². The lowest BCUT2D eigenvalue weighted by Crippen LogP contribution is -2.50. The van der Waals surface area contributed by atoms with E-state index in [4.69, 9.17) is 4.98 Å². The lowest BCUT2D eigenvalue weighted by Gasteiger charge is -2.32. The van der Waals surface area contributed by atoms with E-state index in [2.05, 4.69) is 0 Å². The van der Waals surface area contributed by atoms with Crippen molar-refractivity contribution in [3.63, 3.8) is 0 Å². The molecular weight excluding hydrogens is 580 g/mol. The molecule has 1 aromatic heterocycles. The number of amides is 2. The van der Waals surface area contributed by atoms with E-state index in [1.54, 1.807) is 19.1 Å². The van der Waals surface area contributed by atoms with Crippen LogP contribution in [-0.2, 0) is 24.2 Å². The van der Waals surface area contributed by atoms with Gasteiger partial charge in [0.1, 0.15) is 5.82 Å². The molecule has 0 aliphatic rings. The zero-order valence-corrected chi connectivity index (χ0v) is 26.5. The quantitative estimate of drug-likeness (QED) is 0.0897. The van der Waals surface area contributed by atoms with Gasteiger partial charge >= 0.3 is 5.97 Å². The maximum absolute atomic E-state index is 14.0. The van der Waals surface area contributed by atoms with Gasteiger partial charge in [0.15, 0.2) is 0 Å². The van der Waals surface area contributed by atoms with Crippen molar-refractivity contribution in [3.8, 4) is 11.1 Å². The highest BCUT2D eigenvalue weighted by Gasteiger charge is 2.28. The van der Waals surface area contributed by atoms with Crippen LogP contribution in [0.1, 0.15) is 69.1 Å². The van der Waals surface area contributed by atoms with Crippen molar-refractivity contribution >= 4 is 29.3 Å². The molecule has 0 saturated carbocycles. The second-order valence-electron chi connectivity index (χ2n) is 11.7. The Labute approximate surface area is 268 Å². The van der Waals surface area contributed by atoms with Crippen LogP contribution in [0.15, 0.2) is 84.9 Å². The summed E-state index contributed by atoms with van der Waals surface area (Å²) in [6.07, 6.45) is 2.07. The summed E-state index contributed by atoms with van der Waals surface area (Å²) < 4.78 is 1.97. The molecular formula is C37H38N4O5. The molecule has 4 aromatic carbocycles. The smallest absolute Gasteiger partial charge is 0.336 e. The number of carboxylic acid groups (broad SMARTS) is 1. The second-order valence-corrected chi connectivity index (χ2v) is 11.7. The molecule has 236 valence electrons. The fourth-order valence-corrected chi connectivity index (χ4v) is 6.00. The van der Waals surface area contributed by atoms with Gasteiger partial charge in [0.2, 0.25) is 0 Å². The van der Waals surface area contributed by atoms with Crippen molar-refractivity contribution in [1.29, 1.82) is 0 Å². The van der Waals surface area contributed by atoms with Crippen LogP contribution in [0, 0.1) is 13.8 Å². The largest absolute Gasteiger partial charge is 0.478 e. The number of aryl methyl sites for hydroxylation is 3. The summed E-state index contributed by atoms with van der Waals surface area (Å²) in [4.78, 5) is 43.3. The van der Waals surface area contributed by atoms with E-state index < -0.39 is 17.9 Å². The van der Waals surface area contributed by atoms with Gasteiger partial charge < -0.3 is 9.67 Å². The fraction of sp³-hybridized carbons (Fsp3) is 0.243. The average Bonchev–Trinajstić information content (AvgIpc) is 3.39. The number of fused-ring (bicyclic) bond motifs is 1. The topological polar surface area (TPSA) is 116 Å². The van der Waals surface area contributed by atoms with Gasteiger partial charge in [-0.3, -0.25) is 14.8 Å². The Morgan fingerprint density at radius 3 is 2.35 bits per heavy atom. The minimum Gasteiger partial charge on any atom is -0.478 e. The van der Waals surface area contributed by atoms with Gasteiger partial charge in [-0.25, -0.2) is 14.8 Å². The van der Waals surface area contributed by atoms with E-state index in [9.17, 15) is 24.7 Å². The summed E-state index contributed by atoms with van der Waals surface area (Å²) >= 11 is 0.